The number of aromatic nitrogens is 6. The van der Waals surface area contributed by atoms with Crippen LogP contribution in [0.25, 0.3) is 0 Å². The third kappa shape index (κ3) is 4.95. The molecule has 3 rings (SSSR count). The van der Waals surface area contributed by atoms with Crippen molar-refractivity contribution in [3.63, 3.8) is 0 Å². The zero-order valence-electron chi connectivity index (χ0n) is 17.5. The second kappa shape index (κ2) is 8.80. The predicted molar refractivity (Wildman–Crippen MR) is 105 cm³/mol. The predicted octanol–water partition coefficient (Wildman–Crippen LogP) is 2.45. The van der Waals surface area contributed by atoms with Crippen LogP contribution >= 0.6 is 0 Å². The van der Waals surface area contributed by atoms with Gasteiger partial charge in [0.25, 0.3) is 5.91 Å². The lowest BCUT2D eigenvalue weighted by Crippen LogP contribution is -2.26. The molecule has 1 N–H and O–H groups in total. The molecule has 172 valence electrons. The smallest absolute Gasteiger partial charge is 0.351 e. The Kier molecular flexibility index (Phi) is 6.32. The minimum Gasteiger partial charge on any atom is -0.351 e. The summed E-state index contributed by atoms with van der Waals surface area (Å²) in [4.78, 5) is 22.9. The summed E-state index contributed by atoms with van der Waals surface area (Å²) in [6.45, 7) is 5.18. The van der Waals surface area contributed by atoms with Crippen molar-refractivity contribution in [2.45, 2.75) is 46.6 Å². The summed E-state index contributed by atoms with van der Waals surface area (Å²) >= 11 is 0. The summed E-state index contributed by atoms with van der Waals surface area (Å²) in [6, 6.07) is 2.46. The minimum absolute atomic E-state index is 0.0649. The molecule has 0 radical (unpaired) electrons. The maximum atomic E-state index is 12.7. The molecule has 0 spiro atoms. The fourth-order valence-corrected chi connectivity index (χ4v) is 3.18. The van der Waals surface area contributed by atoms with Gasteiger partial charge in [-0.15, -0.1) is 0 Å². The topological polar surface area (TPSA) is 126 Å². The molecule has 14 heteroatoms. The SMILES string of the molecule is Cc1nn(Cn2ccc(C(=O)NCCCn3nc(C(F)(F)F)cc3C)n2)c(C)c1[N+](=O)[O-]. The number of hydrogen-bond donors (Lipinski definition) is 1. The van der Waals surface area contributed by atoms with Gasteiger partial charge in [0.1, 0.15) is 23.8 Å². The molecule has 0 aliphatic carbocycles. The fourth-order valence-electron chi connectivity index (χ4n) is 3.18. The van der Waals surface area contributed by atoms with Gasteiger partial charge in [-0.05, 0) is 39.3 Å². The molecule has 0 saturated carbocycles. The second-order valence-corrected chi connectivity index (χ2v) is 7.16. The third-order valence-electron chi connectivity index (χ3n) is 4.78. The van der Waals surface area contributed by atoms with Crippen molar-refractivity contribution in [2.24, 2.45) is 0 Å². The first kappa shape index (κ1) is 23.0. The van der Waals surface area contributed by atoms with Gasteiger partial charge in [0.15, 0.2) is 5.69 Å². The molecular formula is C18H21F3N8O3. The van der Waals surface area contributed by atoms with E-state index in [9.17, 15) is 28.1 Å². The molecule has 0 fully saturated rings. The summed E-state index contributed by atoms with van der Waals surface area (Å²) in [5, 5.41) is 25.6. The number of amides is 1. The molecule has 0 aromatic carbocycles. The van der Waals surface area contributed by atoms with Crippen molar-refractivity contribution >= 4 is 11.6 Å². The van der Waals surface area contributed by atoms with Gasteiger partial charge in [0.2, 0.25) is 0 Å². The highest BCUT2D eigenvalue weighted by atomic mass is 19.4. The molecule has 0 atom stereocenters. The van der Waals surface area contributed by atoms with Crippen LogP contribution in [0.5, 0.6) is 0 Å². The van der Waals surface area contributed by atoms with Gasteiger partial charge in [-0.1, -0.05) is 0 Å². The Labute approximate surface area is 180 Å². The van der Waals surface area contributed by atoms with Crippen molar-refractivity contribution in [3.05, 3.63) is 56.9 Å². The lowest BCUT2D eigenvalue weighted by atomic mass is 10.3. The molecule has 0 bridgehead atoms. The number of hydrogen-bond acceptors (Lipinski definition) is 6. The van der Waals surface area contributed by atoms with Gasteiger partial charge in [-0.3, -0.25) is 24.3 Å². The number of carbonyl (C=O) groups is 1. The van der Waals surface area contributed by atoms with Crippen molar-refractivity contribution in [1.29, 1.82) is 0 Å². The van der Waals surface area contributed by atoms with Gasteiger partial charge in [0, 0.05) is 25.0 Å². The summed E-state index contributed by atoms with van der Waals surface area (Å²) in [5.74, 6) is -0.448. The molecule has 0 aliphatic rings. The van der Waals surface area contributed by atoms with Crippen molar-refractivity contribution in [2.75, 3.05) is 6.54 Å². The Morgan fingerprint density at radius 1 is 1.19 bits per heavy atom. The number of nitrogens with one attached hydrogen (secondary N) is 1. The largest absolute Gasteiger partial charge is 0.435 e. The fraction of sp³-hybridized carbons (Fsp3) is 0.444. The number of carbonyl (C=O) groups excluding carboxylic acids is 1. The van der Waals surface area contributed by atoms with E-state index in [1.165, 1.54) is 34.0 Å². The zero-order chi connectivity index (χ0) is 23.6. The number of nitro groups is 1. The quantitative estimate of drug-likeness (QED) is 0.317. The minimum atomic E-state index is -4.50. The Hall–Kier alpha value is -3.71. The first-order valence-electron chi connectivity index (χ1n) is 9.59. The highest BCUT2D eigenvalue weighted by Crippen LogP contribution is 2.28. The van der Waals surface area contributed by atoms with E-state index in [2.05, 4.69) is 20.6 Å². The molecule has 0 aliphatic heterocycles. The maximum absolute atomic E-state index is 12.7. The Balaban J connectivity index is 1.53. The molecule has 3 aromatic rings. The first-order chi connectivity index (χ1) is 15.0. The Morgan fingerprint density at radius 3 is 2.50 bits per heavy atom. The molecule has 3 heterocycles. The molecular weight excluding hydrogens is 433 g/mol. The van der Waals surface area contributed by atoms with Gasteiger partial charge < -0.3 is 5.32 Å². The van der Waals surface area contributed by atoms with Gasteiger partial charge >= 0.3 is 11.9 Å². The lowest BCUT2D eigenvalue weighted by molar-refractivity contribution is -0.386. The highest BCUT2D eigenvalue weighted by Gasteiger charge is 2.34. The maximum Gasteiger partial charge on any atom is 0.435 e. The lowest BCUT2D eigenvalue weighted by Gasteiger charge is -2.06. The molecule has 0 saturated heterocycles. The summed E-state index contributed by atoms with van der Waals surface area (Å²) in [7, 11) is 0. The van der Waals surface area contributed by atoms with Crippen LogP contribution < -0.4 is 5.32 Å². The van der Waals surface area contributed by atoms with Crippen molar-refractivity contribution in [1.82, 2.24) is 34.7 Å². The van der Waals surface area contributed by atoms with Crippen LogP contribution in [-0.4, -0.2) is 46.7 Å². The highest BCUT2D eigenvalue weighted by molar-refractivity contribution is 5.92. The number of aryl methyl sites for hydroxylation is 3. The zero-order valence-corrected chi connectivity index (χ0v) is 17.5. The Morgan fingerprint density at radius 2 is 1.91 bits per heavy atom. The van der Waals surface area contributed by atoms with Crippen LogP contribution in [0.2, 0.25) is 0 Å². The molecule has 1 amide bonds. The Bertz CT molecular complexity index is 1150. The summed E-state index contributed by atoms with van der Waals surface area (Å²) in [6.07, 6.45) is -2.58. The normalized spacial score (nSPS) is 11.7. The van der Waals surface area contributed by atoms with Crippen molar-refractivity contribution < 1.29 is 22.9 Å². The van der Waals surface area contributed by atoms with Gasteiger partial charge in [-0.2, -0.15) is 28.5 Å². The van der Waals surface area contributed by atoms with Crippen LogP contribution in [0.1, 0.15) is 39.7 Å². The summed E-state index contributed by atoms with van der Waals surface area (Å²) in [5.41, 5.74) is 0.161. The van der Waals surface area contributed by atoms with Crippen LogP contribution in [0.4, 0.5) is 18.9 Å². The van der Waals surface area contributed by atoms with Gasteiger partial charge in [0.05, 0.1) is 4.92 Å². The number of rotatable bonds is 8. The van der Waals surface area contributed by atoms with Gasteiger partial charge in [-0.25, -0.2) is 4.68 Å². The molecule has 32 heavy (non-hydrogen) atoms. The van der Waals surface area contributed by atoms with Crippen LogP contribution in [0.3, 0.4) is 0 Å². The molecule has 11 nitrogen and oxygen atoms in total. The van der Waals surface area contributed by atoms with E-state index < -0.39 is 22.7 Å². The average Bonchev–Trinajstić information content (AvgIpc) is 3.37. The van der Waals surface area contributed by atoms with E-state index in [-0.39, 0.29) is 36.8 Å². The monoisotopic (exact) mass is 454 g/mol. The second-order valence-electron chi connectivity index (χ2n) is 7.16. The van der Waals surface area contributed by atoms with Crippen LogP contribution in [0.15, 0.2) is 18.3 Å². The van der Waals surface area contributed by atoms with E-state index in [0.29, 0.717) is 17.8 Å². The molecule has 3 aromatic heterocycles. The van der Waals surface area contributed by atoms with E-state index in [1.807, 2.05) is 0 Å². The summed E-state index contributed by atoms with van der Waals surface area (Å²) < 4.78 is 42.2. The number of halogens is 3. The van der Waals surface area contributed by atoms with Crippen LogP contribution in [0, 0.1) is 30.9 Å². The average molecular weight is 454 g/mol. The first-order valence-corrected chi connectivity index (χ1v) is 9.59. The van der Waals surface area contributed by atoms with E-state index >= 15 is 0 Å². The van der Waals surface area contributed by atoms with E-state index in [1.54, 1.807) is 13.1 Å². The standard InChI is InChI=1S/C18H21F3N8O3/c1-11-9-15(18(19,20)21)25-27(11)7-4-6-22-17(30)14-5-8-26(24-14)10-28-13(3)16(29(31)32)12(2)23-28/h5,8-9H,4,6-7,10H2,1-3H3,(H,22,30). The van der Waals surface area contributed by atoms with Crippen LogP contribution in [-0.2, 0) is 19.4 Å². The van der Waals surface area contributed by atoms with E-state index in [0.717, 1.165) is 6.07 Å². The van der Waals surface area contributed by atoms with Crippen molar-refractivity contribution in [3.8, 4) is 0 Å². The number of alkyl halides is 3. The third-order valence-corrected chi connectivity index (χ3v) is 4.78. The molecule has 0 unspecified atom stereocenters. The number of nitrogens with zero attached hydrogens (tertiary/aromatic N) is 7. The van der Waals surface area contributed by atoms with E-state index in [4.69, 9.17) is 0 Å².